The van der Waals surface area contributed by atoms with Crippen molar-refractivity contribution in [3.63, 3.8) is 0 Å². The predicted octanol–water partition coefficient (Wildman–Crippen LogP) is 3.53. The molecule has 0 saturated carbocycles. The second kappa shape index (κ2) is 6.09. The molecule has 0 amide bonds. The third kappa shape index (κ3) is 3.49. The molecular weight excluding hydrogens is 293 g/mol. The highest BCUT2D eigenvalue weighted by atomic mass is 19.2. The van der Waals surface area contributed by atoms with Crippen LogP contribution in [-0.2, 0) is 0 Å². The van der Waals surface area contributed by atoms with Crippen LogP contribution in [-0.4, -0.2) is 11.7 Å². The Bertz CT molecular complexity index is 662. The first-order chi connectivity index (χ1) is 9.88. The molecule has 0 aromatic heterocycles. The lowest BCUT2D eigenvalue weighted by atomic mass is 10.1. The van der Waals surface area contributed by atoms with Crippen LogP contribution in [0.15, 0.2) is 30.3 Å². The molecule has 1 atom stereocenters. The number of rotatable bonds is 4. The van der Waals surface area contributed by atoms with E-state index in [0.717, 1.165) is 18.2 Å². The first kappa shape index (κ1) is 15.2. The van der Waals surface area contributed by atoms with Gasteiger partial charge in [0.25, 0.3) is 0 Å². The van der Waals surface area contributed by atoms with Crippen LogP contribution in [0.5, 0.6) is 0 Å². The molecule has 112 valence electrons. The quantitative estimate of drug-likeness (QED) is 0.669. The largest absolute Gasteiger partial charge is 0.386 e. The molecule has 0 heterocycles. The summed E-state index contributed by atoms with van der Waals surface area (Å²) < 4.78 is 65.4. The first-order valence-electron chi connectivity index (χ1n) is 5.90. The van der Waals surface area contributed by atoms with Crippen molar-refractivity contribution in [2.24, 2.45) is 0 Å². The van der Waals surface area contributed by atoms with Gasteiger partial charge >= 0.3 is 0 Å². The number of anilines is 1. The minimum atomic E-state index is -1.49. The molecule has 0 aliphatic carbocycles. The van der Waals surface area contributed by atoms with Crippen LogP contribution in [0.4, 0.5) is 27.6 Å². The summed E-state index contributed by atoms with van der Waals surface area (Å²) in [6, 6.07) is 3.43. The van der Waals surface area contributed by atoms with Crippen molar-refractivity contribution in [3.05, 3.63) is 65.0 Å². The van der Waals surface area contributed by atoms with Gasteiger partial charge in [0, 0.05) is 24.2 Å². The van der Waals surface area contributed by atoms with Crippen molar-refractivity contribution >= 4 is 5.69 Å². The average Bonchev–Trinajstić information content (AvgIpc) is 2.43. The molecule has 0 saturated heterocycles. The summed E-state index contributed by atoms with van der Waals surface area (Å²) in [6.07, 6.45) is -1.49. The van der Waals surface area contributed by atoms with Crippen molar-refractivity contribution in [1.29, 1.82) is 0 Å². The zero-order chi connectivity index (χ0) is 15.6. The number of hydrogen-bond acceptors (Lipinski definition) is 2. The topological polar surface area (TPSA) is 32.3 Å². The summed E-state index contributed by atoms with van der Waals surface area (Å²) in [5.74, 6) is -5.28. The molecule has 2 aromatic carbocycles. The van der Waals surface area contributed by atoms with Crippen LogP contribution >= 0.6 is 0 Å². The Morgan fingerprint density at radius 1 is 0.857 bits per heavy atom. The van der Waals surface area contributed by atoms with Crippen molar-refractivity contribution in [2.75, 3.05) is 11.9 Å². The maximum atomic E-state index is 13.4. The second-order valence-electron chi connectivity index (χ2n) is 4.31. The van der Waals surface area contributed by atoms with E-state index < -0.39 is 47.4 Å². The van der Waals surface area contributed by atoms with Gasteiger partial charge in [0.1, 0.15) is 17.5 Å². The van der Waals surface area contributed by atoms with Gasteiger partial charge in [0.2, 0.25) is 0 Å². The summed E-state index contributed by atoms with van der Waals surface area (Å²) in [5, 5.41) is 12.0. The van der Waals surface area contributed by atoms with Crippen LogP contribution < -0.4 is 5.32 Å². The van der Waals surface area contributed by atoms with Crippen molar-refractivity contribution < 1.29 is 27.1 Å². The van der Waals surface area contributed by atoms with E-state index in [9.17, 15) is 27.1 Å². The Hall–Kier alpha value is -2.15. The number of hydrogen-bond donors (Lipinski definition) is 2. The van der Waals surface area contributed by atoms with E-state index in [-0.39, 0.29) is 5.56 Å². The molecule has 0 spiro atoms. The smallest absolute Gasteiger partial charge is 0.161 e. The van der Waals surface area contributed by atoms with Crippen LogP contribution in [0.1, 0.15) is 11.7 Å². The number of halogens is 5. The van der Waals surface area contributed by atoms with Gasteiger partial charge < -0.3 is 10.4 Å². The van der Waals surface area contributed by atoms with Gasteiger partial charge in [-0.3, -0.25) is 0 Å². The minimum Gasteiger partial charge on any atom is -0.386 e. The molecular formula is C14H10F5NO. The normalized spacial score (nSPS) is 12.3. The van der Waals surface area contributed by atoms with Crippen LogP contribution in [0.3, 0.4) is 0 Å². The van der Waals surface area contributed by atoms with Gasteiger partial charge in [-0.2, -0.15) is 0 Å². The highest BCUT2D eigenvalue weighted by Gasteiger charge is 2.15. The molecule has 2 rings (SSSR count). The molecule has 7 heteroatoms. The van der Waals surface area contributed by atoms with Gasteiger partial charge in [-0.05, 0) is 18.2 Å². The maximum Gasteiger partial charge on any atom is 0.161 e. The van der Waals surface area contributed by atoms with Gasteiger partial charge in [-0.15, -0.1) is 0 Å². The molecule has 0 aliphatic rings. The standard InChI is InChI=1S/C14H10F5NO/c15-7-1-2-9(16)8(3-7)14(21)6-20-13-5-11(18)10(17)4-12(13)19/h1-5,14,20-21H,6H2. The van der Waals surface area contributed by atoms with Gasteiger partial charge in [-0.25, -0.2) is 22.0 Å². The van der Waals surface area contributed by atoms with E-state index in [1.54, 1.807) is 0 Å². The average molecular weight is 303 g/mol. The Kier molecular flexibility index (Phi) is 4.42. The van der Waals surface area contributed by atoms with E-state index in [4.69, 9.17) is 0 Å². The van der Waals surface area contributed by atoms with Gasteiger partial charge in [-0.1, -0.05) is 0 Å². The van der Waals surface area contributed by atoms with Gasteiger partial charge in [0.15, 0.2) is 11.6 Å². The fourth-order valence-corrected chi connectivity index (χ4v) is 1.74. The van der Waals surface area contributed by atoms with E-state index in [2.05, 4.69) is 5.32 Å². The van der Waals surface area contributed by atoms with Crippen LogP contribution in [0.25, 0.3) is 0 Å². The Morgan fingerprint density at radius 2 is 1.52 bits per heavy atom. The highest BCUT2D eigenvalue weighted by Crippen LogP contribution is 2.22. The molecule has 0 fully saturated rings. The van der Waals surface area contributed by atoms with E-state index >= 15 is 0 Å². The number of nitrogens with one attached hydrogen (secondary N) is 1. The Labute approximate surface area is 116 Å². The Balaban J connectivity index is 2.12. The molecule has 21 heavy (non-hydrogen) atoms. The molecule has 1 unspecified atom stereocenters. The third-order valence-corrected chi connectivity index (χ3v) is 2.81. The molecule has 0 aliphatic heterocycles. The zero-order valence-corrected chi connectivity index (χ0v) is 10.5. The first-order valence-corrected chi connectivity index (χ1v) is 5.90. The lowest BCUT2D eigenvalue weighted by molar-refractivity contribution is 0.186. The van der Waals surface area contributed by atoms with E-state index in [1.807, 2.05) is 0 Å². The third-order valence-electron chi connectivity index (χ3n) is 2.81. The molecule has 2 nitrogen and oxygen atoms in total. The van der Waals surface area contributed by atoms with Crippen LogP contribution in [0.2, 0.25) is 0 Å². The zero-order valence-electron chi connectivity index (χ0n) is 10.5. The summed E-state index contributed by atoms with van der Waals surface area (Å²) in [4.78, 5) is 0. The summed E-state index contributed by atoms with van der Waals surface area (Å²) in [7, 11) is 0. The predicted molar refractivity (Wildman–Crippen MR) is 66.1 cm³/mol. The van der Waals surface area contributed by atoms with Crippen molar-refractivity contribution in [3.8, 4) is 0 Å². The van der Waals surface area contributed by atoms with Crippen LogP contribution in [0, 0.1) is 29.1 Å². The number of benzene rings is 2. The fourth-order valence-electron chi connectivity index (χ4n) is 1.74. The van der Waals surface area contributed by atoms with E-state index in [0.29, 0.717) is 12.1 Å². The molecule has 0 bridgehead atoms. The van der Waals surface area contributed by atoms with Crippen molar-refractivity contribution in [2.45, 2.75) is 6.10 Å². The lowest BCUT2D eigenvalue weighted by Gasteiger charge is -2.14. The second-order valence-corrected chi connectivity index (χ2v) is 4.31. The Morgan fingerprint density at radius 3 is 2.24 bits per heavy atom. The number of aliphatic hydroxyl groups excluding tert-OH is 1. The maximum absolute atomic E-state index is 13.4. The molecule has 2 N–H and O–H groups in total. The monoisotopic (exact) mass is 303 g/mol. The minimum absolute atomic E-state index is 0.328. The SMILES string of the molecule is OC(CNc1cc(F)c(F)cc1F)c1cc(F)ccc1F. The number of aliphatic hydroxyl groups is 1. The van der Waals surface area contributed by atoms with Crippen molar-refractivity contribution in [1.82, 2.24) is 0 Å². The summed E-state index contributed by atoms with van der Waals surface area (Å²) in [6.45, 7) is -0.414. The van der Waals surface area contributed by atoms with Gasteiger partial charge in [0.05, 0.1) is 11.8 Å². The van der Waals surface area contributed by atoms with E-state index in [1.165, 1.54) is 0 Å². The molecule has 0 radical (unpaired) electrons. The summed E-state index contributed by atoms with van der Waals surface area (Å²) in [5.41, 5.74) is -0.727. The fraction of sp³-hybridized carbons (Fsp3) is 0.143. The highest BCUT2D eigenvalue weighted by molar-refractivity contribution is 5.45. The molecule has 2 aromatic rings. The summed E-state index contributed by atoms with van der Waals surface area (Å²) >= 11 is 0. The lowest BCUT2D eigenvalue weighted by Crippen LogP contribution is -2.15.